The summed E-state index contributed by atoms with van der Waals surface area (Å²) in [5.41, 5.74) is 3.55. The molecule has 0 aliphatic heterocycles. The molecule has 1 aliphatic carbocycles. The maximum Gasteiger partial charge on any atom is 0.301 e. The van der Waals surface area contributed by atoms with Crippen molar-refractivity contribution in [3.63, 3.8) is 0 Å². The highest BCUT2D eigenvalue weighted by Gasteiger charge is 2.22. The first-order valence-electron chi connectivity index (χ1n) is 6.88. The molecule has 0 bridgehead atoms. The maximum atomic E-state index is 11.8. The van der Waals surface area contributed by atoms with Crippen molar-refractivity contribution in [3.05, 3.63) is 35.6 Å². The van der Waals surface area contributed by atoms with Gasteiger partial charge in [0.1, 0.15) is 5.58 Å². The Balaban J connectivity index is 1.79. The van der Waals surface area contributed by atoms with Crippen molar-refractivity contribution in [3.8, 4) is 0 Å². The molecule has 0 radical (unpaired) electrons. The van der Waals surface area contributed by atoms with Gasteiger partial charge in [0, 0.05) is 17.6 Å². The van der Waals surface area contributed by atoms with Crippen molar-refractivity contribution in [1.82, 2.24) is 5.43 Å². The van der Waals surface area contributed by atoms with E-state index in [-0.39, 0.29) is 5.76 Å². The third-order valence-electron chi connectivity index (χ3n) is 3.65. The van der Waals surface area contributed by atoms with Gasteiger partial charge in [-0.2, -0.15) is 0 Å². The Labute approximate surface area is 117 Å². The molecule has 1 saturated carbocycles. The Morgan fingerprint density at radius 1 is 1.40 bits per heavy atom. The summed E-state index contributed by atoms with van der Waals surface area (Å²) in [4.78, 5) is 11.8. The molecule has 2 aromatic rings. The lowest BCUT2D eigenvalue weighted by atomic mass is 10.1. The number of hydrogen-bond acceptors (Lipinski definition) is 4. The first-order valence-corrected chi connectivity index (χ1v) is 6.88. The van der Waals surface area contributed by atoms with Crippen LogP contribution in [0.25, 0.3) is 11.0 Å². The predicted molar refractivity (Wildman–Crippen MR) is 74.9 cm³/mol. The Morgan fingerprint density at radius 3 is 2.95 bits per heavy atom. The summed E-state index contributed by atoms with van der Waals surface area (Å²) in [5.74, 6) is 5.84. The van der Waals surface area contributed by atoms with Gasteiger partial charge in [-0.15, -0.1) is 0 Å². The van der Waals surface area contributed by atoms with E-state index >= 15 is 0 Å². The molecule has 1 fully saturated rings. The fraction of sp³-hybridized carbons (Fsp3) is 0.400. The van der Waals surface area contributed by atoms with Crippen molar-refractivity contribution in [2.75, 3.05) is 6.61 Å². The summed E-state index contributed by atoms with van der Waals surface area (Å²) >= 11 is 0. The van der Waals surface area contributed by atoms with Crippen LogP contribution in [0, 0.1) is 5.92 Å². The van der Waals surface area contributed by atoms with Crippen LogP contribution in [0.2, 0.25) is 0 Å². The fourth-order valence-electron chi connectivity index (χ4n) is 2.32. The van der Waals surface area contributed by atoms with E-state index < -0.39 is 5.91 Å². The van der Waals surface area contributed by atoms with Crippen molar-refractivity contribution in [2.24, 2.45) is 11.8 Å². The van der Waals surface area contributed by atoms with Crippen LogP contribution in [0.4, 0.5) is 0 Å². The average molecular weight is 274 g/mol. The normalized spacial score (nSPS) is 14.7. The molecule has 1 aliphatic rings. The van der Waals surface area contributed by atoms with Crippen molar-refractivity contribution in [1.29, 1.82) is 0 Å². The van der Waals surface area contributed by atoms with Crippen molar-refractivity contribution >= 4 is 16.9 Å². The SMILES string of the molecule is NNC(=O)c1oc2ccccc2c1COCCC1CC1. The second-order valence-corrected chi connectivity index (χ2v) is 5.16. The highest BCUT2D eigenvalue weighted by molar-refractivity contribution is 5.98. The Morgan fingerprint density at radius 2 is 2.20 bits per heavy atom. The first kappa shape index (κ1) is 13.1. The van der Waals surface area contributed by atoms with E-state index in [9.17, 15) is 4.79 Å². The molecule has 0 atom stereocenters. The number of hydrogen-bond donors (Lipinski definition) is 2. The molecule has 0 saturated heterocycles. The Kier molecular flexibility index (Phi) is 3.71. The van der Waals surface area contributed by atoms with Gasteiger partial charge in [0.05, 0.1) is 6.61 Å². The number of ether oxygens (including phenoxy) is 1. The predicted octanol–water partition coefficient (Wildman–Crippen LogP) is 2.35. The van der Waals surface area contributed by atoms with Crippen LogP contribution in [0.1, 0.15) is 35.4 Å². The lowest BCUT2D eigenvalue weighted by molar-refractivity contribution is 0.0907. The van der Waals surface area contributed by atoms with Gasteiger partial charge in [-0.1, -0.05) is 31.0 Å². The molecule has 1 heterocycles. The lowest BCUT2D eigenvalue weighted by Crippen LogP contribution is -2.30. The molecule has 0 unspecified atom stereocenters. The summed E-state index contributed by atoms with van der Waals surface area (Å²) < 4.78 is 11.3. The van der Waals surface area contributed by atoms with Gasteiger partial charge in [0.15, 0.2) is 5.76 Å². The minimum atomic E-state index is -0.429. The molecule has 106 valence electrons. The van der Waals surface area contributed by atoms with Gasteiger partial charge in [-0.25, -0.2) is 5.84 Å². The van der Waals surface area contributed by atoms with Crippen molar-refractivity contribution < 1.29 is 13.9 Å². The van der Waals surface area contributed by atoms with Gasteiger partial charge >= 0.3 is 5.91 Å². The van der Waals surface area contributed by atoms with E-state index in [0.717, 1.165) is 23.3 Å². The number of furan rings is 1. The Hall–Kier alpha value is -1.85. The standard InChI is InChI=1S/C15H18N2O3/c16-17-15(18)14-12(9-19-8-7-10-5-6-10)11-3-1-2-4-13(11)20-14/h1-4,10H,5-9,16H2,(H,17,18). The highest BCUT2D eigenvalue weighted by atomic mass is 16.5. The van der Waals surface area contributed by atoms with Gasteiger partial charge in [-0.05, 0) is 18.4 Å². The van der Waals surface area contributed by atoms with E-state index in [1.54, 1.807) is 0 Å². The molecule has 3 N–H and O–H groups in total. The number of rotatable bonds is 6. The van der Waals surface area contributed by atoms with Gasteiger partial charge in [0.25, 0.3) is 0 Å². The van der Waals surface area contributed by atoms with Crippen LogP contribution in [0.3, 0.4) is 0 Å². The smallest absolute Gasteiger partial charge is 0.301 e. The fourth-order valence-corrected chi connectivity index (χ4v) is 2.32. The lowest BCUT2D eigenvalue weighted by Gasteiger charge is -2.04. The summed E-state index contributed by atoms with van der Waals surface area (Å²) in [6.45, 7) is 1.08. The van der Waals surface area contributed by atoms with E-state index in [1.807, 2.05) is 24.3 Å². The molecule has 3 rings (SSSR count). The van der Waals surface area contributed by atoms with Crippen LogP contribution >= 0.6 is 0 Å². The zero-order chi connectivity index (χ0) is 13.9. The number of nitrogens with one attached hydrogen (secondary N) is 1. The number of carbonyl (C=O) groups is 1. The van der Waals surface area contributed by atoms with Crippen LogP contribution in [0.5, 0.6) is 0 Å². The average Bonchev–Trinajstić information content (AvgIpc) is 3.23. The maximum absolute atomic E-state index is 11.8. The Bertz CT molecular complexity index is 617. The van der Waals surface area contributed by atoms with Crippen LogP contribution in [-0.4, -0.2) is 12.5 Å². The molecule has 1 aromatic carbocycles. The minimum Gasteiger partial charge on any atom is -0.450 e. The molecule has 1 aromatic heterocycles. The number of amides is 1. The summed E-state index contributed by atoms with van der Waals surface area (Å²) in [6.07, 6.45) is 3.73. The van der Waals surface area contributed by atoms with E-state index in [4.69, 9.17) is 15.0 Å². The zero-order valence-corrected chi connectivity index (χ0v) is 11.2. The second kappa shape index (κ2) is 5.64. The third-order valence-corrected chi connectivity index (χ3v) is 3.65. The summed E-state index contributed by atoms with van der Waals surface area (Å²) in [7, 11) is 0. The molecule has 0 spiro atoms. The van der Waals surface area contributed by atoms with Crippen LogP contribution in [-0.2, 0) is 11.3 Å². The number of hydrazine groups is 1. The number of carbonyl (C=O) groups excluding carboxylic acids is 1. The largest absolute Gasteiger partial charge is 0.450 e. The van der Waals surface area contributed by atoms with E-state index in [2.05, 4.69) is 5.43 Å². The van der Waals surface area contributed by atoms with Crippen molar-refractivity contribution in [2.45, 2.75) is 25.9 Å². The summed E-state index contributed by atoms with van der Waals surface area (Å²) in [5, 5.41) is 0.900. The number of fused-ring (bicyclic) bond motifs is 1. The molecule has 20 heavy (non-hydrogen) atoms. The van der Waals surface area contributed by atoms with Gasteiger partial charge < -0.3 is 9.15 Å². The molecular formula is C15H18N2O3. The number of nitrogens with two attached hydrogens (primary N) is 1. The molecule has 1 amide bonds. The molecule has 5 heteroatoms. The summed E-state index contributed by atoms with van der Waals surface area (Å²) in [6, 6.07) is 7.53. The minimum absolute atomic E-state index is 0.236. The molecule has 5 nitrogen and oxygen atoms in total. The zero-order valence-electron chi connectivity index (χ0n) is 11.2. The number of nitrogen functional groups attached to an aromatic ring is 1. The number of para-hydroxylation sites is 1. The number of benzene rings is 1. The second-order valence-electron chi connectivity index (χ2n) is 5.16. The highest BCUT2D eigenvalue weighted by Crippen LogP contribution is 2.32. The quantitative estimate of drug-likeness (QED) is 0.367. The van der Waals surface area contributed by atoms with E-state index in [1.165, 1.54) is 12.8 Å². The topological polar surface area (TPSA) is 77.5 Å². The monoisotopic (exact) mass is 274 g/mol. The van der Waals surface area contributed by atoms with Gasteiger partial charge in [0.2, 0.25) is 0 Å². The van der Waals surface area contributed by atoms with Crippen LogP contribution < -0.4 is 11.3 Å². The van der Waals surface area contributed by atoms with E-state index in [0.29, 0.717) is 18.8 Å². The molecular weight excluding hydrogens is 256 g/mol. The first-order chi connectivity index (χ1) is 9.79. The van der Waals surface area contributed by atoms with Gasteiger partial charge in [-0.3, -0.25) is 10.2 Å². The third kappa shape index (κ3) is 2.69. The van der Waals surface area contributed by atoms with Crippen LogP contribution in [0.15, 0.2) is 28.7 Å².